The van der Waals surface area contributed by atoms with Gasteiger partial charge in [-0.1, -0.05) is 0 Å². The summed E-state index contributed by atoms with van der Waals surface area (Å²) in [6.07, 6.45) is 3.33. The second kappa shape index (κ2) is 5.55. The van der Waals surface area contributed by atoms with Gasteiger partial charge in [-0.15, -0.1) is 0 Å². The van der Waals surface area contributed by atoms with Crippen LogP contribution in [0.25, 0.3) is 0 Å². The zero-order valence-corrected chi connectivity index (χ0v) is 11.0. The highest BCUT2D eigenvalue weighted by Crippen LogP contribution is 2.20. The van der Waals surface area contributed by atoms with Gasteiger partial charge in [-0.05, 0) is 12.1 Å². The minimum absolute atomic E-state index is 0.0143. The third-order valence-corrected chi connectivity index (χ3v) is 4.01. The number of aromatic nitrogens is 2. The molecule has 2 rings (SSSR count). The molecule has 9 heteroatoms. The summed E-state index contributed by atoms with van der Waals surface area (Å²) in [5.41, 5.74) is 5.86. The lowest BCUT2D eigenvalue weighted by Gasteiger charge is -2.08. The second-order valence-electron chi connectivity index (χ2n) is 4.04. The van der Waals surface area contributed by atoms with Crippen molar-refractivity contribution in [2.45, 2.75) is 11.3 Å². The Bertz CT molecular complexity index is 701. The van der Waals surface area contributed by atoms with Crippen LogP contribution in [0.2, 0.25) is 0 Å². The number of nitrogens with zero attached hydrogens (tertiary/aromatic N) is 1. The molecule has 1 aromatic heterocycles. The van der Waals surface area contributed by atoms with Crippen molar-refractivity contribution in [2.75, 3.05) is 12.3 Å². The highest BCUT2D eigenvalue weighted by Gasteiger charge is 2.22. The number of aromatic amines is 1. The van der Waals surface area contributed by atoms with Crippen molar-refractivity contribution in [3.8, 4) is 0 Å². The van der Waals surface area contributed by atoms with Crippen LogP contribution in [-0.4, -0.2) is 24.9 Å². The van der Waals surface area contributed by atoms with Crippen LogP contribution in [0.1, 0.15) is 5.69 Å². The third-order valence-electron chi connectivity index (χ3n) is 2.55. The van der Waals surface area contributed by atoms with E-state index < -0.39 is 26.6 Å². The third kappa shape index (κ3) is 3.11. The maximum absolute atomic E-state index is 13.5. The standard InChI is InChI=1S/C11H12F2N4O2S/c12-9-3-7(14)4-10(11(9)13)20(18,19)17-2-1-8-5-15-6-16-8/h3-6,17H,1-2,14H2,(H,15,16). The molecule has 0 unspecified atom stereocenters. The molecule has 4 N–H and O–H groups in total. The molecule has 6 nitrogen and oxygen atoms in total. The fourth-order valence-corrected chi connectivity index (χ4v) is 2.75. The first-order valence-corrected chi connectivity index (χ1v) is 7.10. The van der Waals surface area contributed by atoms with Gasteiger partial charge in [0.05, 0.1) is 6.33 Å². The van der Waals surface area contributed by atoms with Gasteiger partial charge in [-0.3, -0.25) is 0 Å². The van der Waals surface area contributed by atoms with Crippen LogP contribution >= 0.6 is 0 Å². The van der Waals surface area contributed by atoms with Gasteiger partial charge >= 0.3 is 0 Å². The predicted molar refractivity (Wildman–Crippen MR) is 68.3 cm³/mol. The van der Waals surface area contributed by atoms with Crippen LogP contribution in [0.3, 0.4) is 0 Å². The molecule has 0 aliphatic rings. The Balaban J connectivity index is 2.14. The predicted octanol–water partition coefficient (Wildman–Crippen LogP) is 0.791. The van der Waals surface area contributed by atoms with Gasteiger partial charge in [0.1, 0.15) is 4.90 Å². The molecule has 108 valence electrons. The first-order chi connectivity index (χ1) is 9.40. The molecule has 0 amide bonds. The Hall–Kier alpha value is -2.00. The fraction of sp³-hybridized carbons (Fsp3) is 0.182. The number of nitrogen functional groups attached to an aromatic ring is 1. The summed E-state index contributed by atoms with van der Waals surface area (Å²) in [4.78, 5) is 5.76. The van der Waals surface area contributed by atoms with Crippen molar-refractivity contribution in [1.29, 1.82) is 0 Å². The number of sulfonamides is 1. The Morgan fingerprint density at radius 2 is 2.10 bits per heavy atom. The molecule has 0 radical (unpaired) electrons. The number of anilines is 1. The molecule has 0 fully saturated rings. The summed E-state index contributed by atoms with van der Waals surface area (Å²) in [6.45, 7) is 0.0143. The lowest BCUT2D eigenvalue weighted by molar-refractivity contribution is 0.484. The van der Waals surface area contributed by atoms with Crippen molar-refractivity contribution in [3.63, 3.8) is 0 Å². The van der Waals surface area contributed by atoms with Gasteiger partial charge in [-0.25, -0.2) is 26.9 Å². The van der Waals surface area contributed by atoms with Gasteiger partial charge in [0, 0.05) is 30.5 Å². The van der Waals surface area contributed by atoms with Crippen molar-refractivity contribution in [2.24, 2.45) is 0 Å². The molecule has 0 saturated heterocycles. The van der Waals surface area contributed by atoms with E-state index in [1.807, 2.05) is 0 Å². The van der Waals surface area contributed by atoms with Gasteiger partial charge in [0.2, 0.25) is 10.0 Å². The Morgan fingerprint density at radius 3 is 2.75 bits per heavy atom. The highest BCUT2D eigenvalue weighted by atomic mass is 32.2. The normalized spacial score (nSPS) is 11.7. The minimum atomic E-state index is -4.17. The van der Waals surface area contributed by atoms with Crippen molar-refractivity contribution >= 4 is 15.7 Å². The largest absolute Gasteiger partial charge is 0.399 e. The number of nitrogens with two attached hydrogens (primary N) is 1. The summed E-state index contributed by atoms with van der Waals surface area (Å²) in [5, 5.41) is 0. The smallest absolute Gasteiger partial charge is 0.243 e. The van der Waals surface area contributed by atoms with E-state index in [0.717, 1.165) is 12.1 Å². The summed E-state index contributed by atoms with van der Waals surface area (Å²) in [5.74, 6) is -2.76. The summed E-state index contributed by atoms with van der Waals surface area (Å²) in [6, 6.07) is 1.59. The molecular formula is C11H12F2N4O2S. The van der Waals surface area contributed by atoms with E-state index in [0.29, 0.717) is 12.1 Å². The van der Waals surface area contributed by atoms with Gasteiger partial charge in [0.25, 0.3) is 0 Å². The molecule has 0 saturated carbocycles. The first-order valence-electron chi connectivity index (χ1n) is 5.61. The Labute approximate surface area is 114 Å². The number of rotatable bonds is 5. The van der Waals surface area contributed by atoms with Gasteiger partial charge < -0.3 is 10.7 Å². The monoisotopic (exact) mass is 302 g/mol. The average Bonchev–Trinajstić information content (AvgIpc) is 2.86. The minimum Gasteiger partial charge on any atom is -0.399 e. The molecule has 1 aromatic carbocycles. The SMILES string of the molecule is Nc1cc(F)c(F)c(S(=O)(=O)NCCc2cnc[nH]2)c1. The number of nitrogens with one attached hydrogen (secondary N) is 2. The molecule has 1 heterocycles. The van der Waals surface area contributed by atoms with E-state index in [4.69, 9.17) is 5.73 Å². The lowest BCUT2D eigenvalue weighted by Crippen LogP contribution is -2.27. The van der Waals surface area contributed by atoms with Crippen LogP contribution in [0.15, 0.2) is 29.6 Å². The number of imidazole rings is 1. The molecule has 0 spiro atoms. The topological polar surface area (TPSA) is 101 Å². The number of hydrogen-bond donors (Lipinski definition) is 3. The lowest BCUT2D eigenvalue weighted by atomic mass is 10.3. The zero-order valence-electron chi connectivity index (χ0n) is 10.2. The maximum Gasteiger partial charge on any atom is 0.243 e. The van der Waals surface area contributed by atoms with Crippen molar-refractivity contribution in [1.82, 2.24) is 14.7 Å². The number of halogens is 2. The molecule has 20 heavy (non-hydrogen) atoms. The average molecular weight is 302 g/mol. The van der Waals surface area contributed by atoms with E-state index >= 15 is 0 Å². The number of H-pyrrole nitrogens is 1. The Kier molecular flexibility index (Phi) is 4.00. The van der Waals surface area contributed by atoms with Crippen LogP contribution in [0.5, 0.6) is 0 Å². The molecule has 0 atom stereocenters. The summed E-state index contributed by atoms with van der Waals surface area (Å²) < 4.78 is 52.6. The molecule has 0 aliphatic carbocycles. The van der Waals surface area contributed by atoms with Gasteiger partial charge in [-0.2, -0.15) is 0 Å². The first kappa shape index (κ1) is 14.4. The summed E-state index contributed by atoms with van der Waals surface area (Å²) in [7, 11) is -4.17. The van der Waals surface area contributed by atoms with E-state index in [9.17, 15) is 17.2 Å². The quantitative estimate of drug-likeness (QED) is 0.711. The molecule has 0 aliphatic heterocycles. The van der Waals surface area contributed by atoms with Crippen molar-refractivity contribution < 1.29 is 17.2 Å². The van der Waals surface area contributed by atoms with Crippen molar-refractivity contribution in [3.05, 3.63) is 42.0 Å². The second-order valence-corrected chi connectivity index (χ2v) is 5.77. The van der Waals surface area contributed by atoms with Gasteiger partial charge in [0.15, 0.2) is 11.6 Å². The number of benzene rings is 1. The molecular weight excluding hydrogens is 290 g/mol. The van der Waals surface area contributed by atoms with E-state index in [1.165, 1.54) is 12.5 Å². The van der Waals surface area contributed by atoms with Crippen LogP contribution in [-0.2, 0) is 16.4 Å². The van der Waals surface area contributed by atoms with Crippen LogP contribution in [0.4, 0.5) is 14.5 Å². The molecule has 2 aromatic rings. The zero-order chi connectivity index (χ0) is 14.8. The number of hydrogen-bond acceptors (Lipinski definition) is 4. The van der Waals surface area contributed by atoms with E-state index in [-0.39, 0.29) is 12.2 Å². The molecule has 0 bridgehead atoms. The highest BCUT2D eigenvalue weighted by molar-refractivity contribution is 7.89. The Morgan fingerprint density at radius 1 is 1.35 bits per heavy atom. The van der Waals surface area contributed by atoms with E-state index in [2.05, 4.69) is 14.7 Å². The van der Waals surface area contributed by atoms with Crippen LogP contribution < -0.4 is 10.5 Å². The van der Waals surface area contributed by atoms with E-state index in [1.54, 1.807) is 0 Å². The fourth-order valence-electron chi connectivity index (χ4n) is 1.60. The summed E-state index contributed by atoms with van der Waals surface area (Å²) >= 11 is 0. The maximum atomic E-state index is 13.5. The van der Waals surface area contributed by atoms with Crippen LogP contribution in [0, 0.1) is 11.6 Å².